The highest BCUT2D eigenvalue weighted by Gasteiger charge is 1.98. The van der Waals surface area contributed by atoms with Crippen molar-refractivity contribution < 1.29 is 0 Å². The van der Waals surface area contributed by atoms with Gasteiger partial charge in [0, 0.05) is 0 Å². The average molecular weight is 210 g/mol. The topological polar surface area (TPSA) is 0 Å². The van der Waals surface area contributed by atoms with Gasteiger partial charge in [-0.15, -0.1) is 6.58 Å². The van der Waals surface area contributed by atoms with Crippen molar-refractivity contribution in [2.45, 2.75) is 13.3 Å². The van der Waals surface area contributed by atoms with Gasteiger partial charge in [0.1, 0.15) is 0 Å². The van der Waals surface area contributed by atoms with Crippen molar-refractivity contribution in [1.29, 1.82) is 0 Å². The van der Waals surface area contributed by atoms with Gasteiger partial charge in [-0.2, -0.15) is 0 Å². The van der Waals surface area contributed by atoms with Crippen LogP contribution in [0.4, 0.5) is 0 Å². The molecule has 1 rings (SSSR count). The van der Waals surface area contributed by atoms with E-state index in [9.17, 15) is 0 Å². The molecule has 82 valence electrons. The number of hydrogen-bond acceptors (Lipinski definition) is 0. The van der Waals surface area contributed by atoms with Crippen molar-refractivity contribution in [3.05, 3.63) is 71.7 Å². The van der Waals surface area contributed by atoms with Gasteiger partial charge < -0.3 is 0 Å². The predicted octanol–water partition coefficient (Wildman–Crippen LogP) is 2.96. The minimum atomic E-state index is 0.800. The van der Waals surface area contributed by atoms with Crippen molar-refractivity contribution in [3.8, 4) is 0 Å². The first-order chi connectivity index (χ1) is 7.70. The molecule has 0 radical (unpaired) electrons. The lowest BCUT2D eigenvalue weighted by molar-refractivity contribution is 1.31. The second-order valence-electron chi connectivity index (χ2n) is 3.67. The first-order valence-corrected chi connectivity index (χ1v) is 5.40. The van der Waals surface area contributed by atoms with Gasteiger partial charge in [-0.3, -0.25) is 0 Å². The molecule has 1 aromatic rings. The highest BCUT2D eigenvalue weighted by molar-refractivity contribution is 5.72. The fourth-order valence-corrected chi connectivity index (χ4v) is 1.63. The van der Waals surface area contributed by atoms with Crippen LogP contribution in [0, 0.1) is 0 Å². The Kier molecular flexibility index (Phi) is 4.53. The lowest BCUT2D eigenvalue weighted by Gasteiger charge is -2.04. The largest absolute Gasteiger partial charge is 0.103 e. The van der Waals surface area contributed by atoms with Crippen LogP contribution >= 0.6 is 0 Å². The lowest BCUT2D eigenvalue weighted by Crippen LogP contribution is -2.25. The summed E-state index contributed by atoms with van der Waals surface area (Å²) in [7, 11) is 0. The van der Waals surface area contributed by atoms with Gasteiger partial charge in [0.05, 0.1) is 0 Å². The van der Waals surface area contributed by atoms with E-state index in [2.05, 4.69) is 31.9 Å². The van der Waals surface area contributed by atoms with Crippen LogP contribution < -0.4 is 10.4 Å². The maximum atomic E-state index is 4.09. The minimum absolute atomic E-state index is 0.800. The molecule has 0 aliphatic carbocycles. The second kappa shape index (κ2) is 5.92. The molecule has 0 N–H and O–H groups in total. The molecule has 0 nitrogen and oxygen atoms in total. The van der Waals surface area contributed by atoms with Crippen LogP contribution in [0.2, 0.25) is 0 Å². The minimum Gasteiger partial charge on any atom is -0.103 e. The number of rotatable bonds is 4. The van der Waals surface area contributed by atoms with E-state index in [-0.39, 0.29) is 0 Å². The highest BCUT2D eigenvalue weighted by Crippen LogP contribution is 2.13. The monoisotopic (exact) mass is 210 g/mol. The fraction of sp³-hybridized carbons (Fsp3) is 0.125. The molecule has 0 atom stereocenters. The summed E-state index contributed by atoms with van der Waals surface area (Å²) in [5.41, 5.74) is 2.22. The van der Waals surface area contributed by atoms with Gasteiger partial charge in [-0.25, -0.2) is 0 Å². The second-order valence-corrected chi connectivity index (χ2v) is 3.67. The first-order valence-electron chi connectivity index (χ1n) is 5.40. The maximum absolute atomic E-state index is 4.09. The Balaban J connectivity index is 3.48. The molecule has 0 aliphatic heterocycles. The zero-order valence-corrected chi connectivity index (χ0v) is 9.87. The molecule has 0 heterocycles. The summed E-state index contributed by atoms with van der Waals surface area (Å²) in [4.78, 5) is 0. The third-order valence-corrected chi connectivity index (χ3v) is 2.41. The first kappa shape index (κ1) is 12.3. The van der Waals surface area contributed by atoms with Gasteiger partial charge in [0.15, 0.2) is 0 Å². The van der Waals surface area contributed by atoms with E-state index in [1.54, 1.807) is 0 Å². The zero-order valence-electron chi connectivity index (χ0n) is 9.87. The smallest absolute Gasteiger partial charge is 0.00998 e. The summed E-state index contributed by atoms with van der Waals surface area (Å²) >= 11 is 0. The third-order valence-electron chi connectivity index (χ3n) is 2.41. The Hall–Kier alpha value is -1.82. The standard InChI is InChI=1S/C16H18/c1-5-9-13(3)15(10-6-2)16-12-8-7-11-14(16)4/h5-8,10-12H,1,3-4,9H2,2H3/b10-6-,16-15-. The molecule has 0 unspecified atom stereocenters. The molecule has 0 aromatic heterocycles. The van der Waals surface area contributed by atoms with Gasteiger partial charge in [-0.05, 0) is 34.9 Å². The van der Waals surface area contributed by atoms with Crippen LogP contribution in [0.5, 0.6) is 0 Å². The summed E-state index contributed by atoms with van der Waals surface area (Å²) in [5.74, 6) is 0. The number of benzene rings is 1. The maximum Gasteiger partial charge on any atom is -0.00998 e. The molecule has 0 bridgehead atoms. The molecule has 0 saturated heterocycles. The van der Waals surface area contributed by atoms with E-state index in [1.165, 1.54) is 0 Å². The van der Waals surface area contributed by atoms with Crippen molar-refractivity contribution in [3.63, 3.8) is 0 Å². The van der Waals surface area contributed by atoms with Crippen LogP contribution in [0.1, 0.15) is 13.3 Å². The van der Waals surface area contributed by atoms with E-state index in [0.717, 1.165) is 28.0 Å². The lowest BCUT2D eigenvalue weighted by atomic mass is 10.0. The average Bonchev–Trinajstić information content (AvgIpc) is 2.27. The zero-order chi connectivity index (χ0) is 12.0. The third kappa shape index (κ3) is 2.83. The molecule has 1 aromatic carbocycles. The number of hydrogen-bond donors (Lipinski definition) is 0. The van der Waals surface area contributed by atoms with E-state index in [0.29, 0.717) is 0 Å². The van der Waals surface area contributed by atoms with Crippen LogP contribution in [-0.2, 0) is 0 Å². The van der Waals surface area contributed by atoms with Crippen LogP contribution in [0.15, 0.2) is 61.2 Å². The van der Waals surface area contributed by atoms with Crippen molar-refractivity contribution in [2.75, 3.05) is 0 Å². The van der Waals surface area contributed by atoms with E-state index in [1.807, 2.05) is 37.3 Å². The summed E-state index contributed by atoms with van der Waals surface area (Å²) in [6, 6.07) is 8.11. The Morgan fingerprint density at radius 2 is 2.00 bits per heavy atom. The molecule has 0 amide bonds. The van der Waals surface area contributed by atoms with Crippen LogP contribution in [0.25, 0.3) is 12.2 Å². The van der Waals surface area contributed by atoms with Crippen molar-refractivity contribution >= 4 is 12.2 Å². The fourth-order valence-electron chi connectivity index (χ4n) is 1.63. The molecular formula is C16H18. The molecule has 0 aliphatic rings. The van der Waals surface area contributed by atoms with Crippen molar-refractivity contribution in [2.24, 2.45) is 0 Å². The molecule has 0 heteroatoms. The van der Waals surface area contributed by atoms with Crippen LogP contribution in [0.3, 0.4) is 0 Å². The summed E-state index contributed by atoms with van der Waals surface area (Å²) < 4.78 is 0. The SMILES string of the molecule is C=CCC(=C)C(/C=C\C)=c1/ccccc1=C. The summed E-state index contributed by atoms with van der Waals surface area (Å²) in [5, 5.41) is 2.17. The molecule has 0 spiro atoms. The number of allylic oxidation sites excluding steroid dienone is 4. The Labute approximate surface area is 97.6 Å². The van der Waals surface area contributed by atoms with Gasteiger partial charge >= 0.3 is 0 Å². The van der Waals surface area contributed by atoms with Crippen LogP contribution in [-0.4, -0.2) is 0 Å². The van der Waals surface area contributed by atoms with Gasteiger partial charge in [-0.1, -0.05) is 55.7 Å². The molecular weight excluding hydrogens is 192 g/mol. The summed E-state index contributed by atoms with van der Waals surface area (Å²) in [6.07, 6.45) is 6.78. The van der Waals surface area contributed by atoms with E-state index < -0.39 is 0 Å². The molecule has 16 heavy (non-hydrogen) atoms. The Morgan fingerprint density at radius 3 is 2.56 bits per heavy atom. The summed E-state index contributed by atoms with van der Waals surface area (Å²) in [6.45, 7) is 13.9. The van der Waals surface area contributed by atoms with E-state index in [4.69, 9.17) is 0 Å². The quantitative estimate of drug-likeness (QED) is 0.670. The van der Waals surface area contributed by atoms with Gasteiger partial charge in [0.2, 0.25) is 0 Å². The predicted molar refractivity (Wildman–Crippen MR) is 73.4 cm³/mol. The molecule has 0 fully saturated rings. The highest BCUT2D eigenvalue weighted by atomic mass is 14.0. The normalized spacial score (nSPS) is 12.6. The molecule has 0 saturated carbocycles. The Morgan fingerprint density at radius 1 is 1.31 bits per heavy atom. The Bertz CT molecular complexity index is 515. The van der Waals surface area contributed by atoms with Gasteiger partial charge in [0.25, 0.3) is 0 Å². The van der Waals surface area contributed by atoms with E-state index >= 15 is 0 Å². The van der Waals surface area contributed by atoms with Crippen molar-refractivity contribution in [1.82, 2.24) is 0 Å².